The number of carbonyl (C=O) groups is 1. The van der Waals surface area contributed by atoms with Crippen LogP contribution >= 0.6 is 0 Å². The van der Waals surface area contributed by atoms with Crippen LogP contribution in [0, 0.1) is 5.92 Å². The fourth-order valence-electron chi connectivity index (χ4n) is 2.98. The summed E-state index contributed by atoms with van der Waals surface area (Å²) in [6.45, 7) is 12.5. The minimum absolute atomic E-state index is 0.0982. The molecule has 6 heteroatoms. The van der Waals surface area contributed by atoms with E-state index in [0.717, 1.165) is 43.3 Å². The second-order valence-corrected chi connectivity index (χ2v) is 8.15. The third kappa shape index (κ3) is 5.39. The predicted molar refractivity (Wildman–Crippen MR) is 99.7 cm³/mol. The first kappa shape index (κ1) is 19.6. The number of amides is 1. The van der Waals surface area contributed by atoms with Crippen molar-refractivity contribution in [2.24, 2.45) is 5.92 Å². The molecule has 0 radical (unpaired) electrons. The smallest absolute Gasteiger partial charge is 0.223 e. The van der Waals surface area contributed by atoms with E-state index in [1.165, 1.54) is 0 Å². The van der Waals surface area contributed by atoms with Crippen molar-refractivity contribution in [3.05, 3.63) is 17.6 Å². The number of ether oxygens (including phenoxy) is 1. The number of rotatable bonds is 5. The molecule has 1 amide bonds. The van der Waals surface area contributed by atoms with E-state index in [1.807, 2.05) is 19.9 Å². The van der Waals surface area contributed by atoms with Crippen LogP contribution in [0.5, 0.6) is 0 Å². The maximum absolute atomic E-state index is 12.2. The molecular weight excluding hydrogens is 316 g/mol. The van der Waals surface area contributed by atoms with Gasteiger partial charge in [0, 0.05) is 43.6 Å². The number of nitrogens with one attached hydrogen (secondary N) is 1. The minimum atomic E-state index is -0.117. The van der Waals surface area contributed by atoms with Gasteiger partial charge in [-0.15, -0.1) is 0 Å². The van der Waals surface area contributed by atoms with Crippen LogP contribution in [0.25, 0.3) is 0 Å². The van der Waals surface area contributed by atoms with Crippen molar-refractivity contribution in [3.8, 4) is 0 Å². The van der Waals surface area contributed by atoms with E-state index in [2.05, 4.69) is 36.0 Å². The third-order valence-corrected chi connectivity index (χ3v) is 4.35. The van der Waals surface area contributed by atoms with Gasteiger partial charge in [-0.1, -0.05) is 20.8 Å². The lowest BCUT2D eigenvalue weighted by Gasteiger charge is -2.33. The highest BCUT2D eigenvalue weighted by Gasteiger charge is 2.27. The topological polar surface area (TPSA) is 67.3 Å². The molecule has 0 bridgehead atoms. The molecule has 1 saturated heterocycles. The molecular formula is C19H32N4O2. The Kier molecular flexibility index (Phi) is 6.38. The zero-order valence-electron chi connectivity index (χ0n) is 16.4. The van der Waals surface area contributed by atoms with Gasteiger partial charge >= 0.3 is 0 Å². The Morgan fingerprint density at radius 3 is 2.48 bits per heavy atom. The first-order valence-electron chi connectivity index (χ1n) is 9.13. The van der Waals surface area contributed by atoms with Crippen molar-refractivity contribution in [2.75, 3.05) is 25.1 Å². The number of carbonyl (C=O) groups excluding carboxylic acids is 1. The third-order valence-electron chi connectivity index (χ3n) is 4.35. The molecule has 6 nitrogen and oxygen atoms in total. The van der Waals surface area contributed by atoms with Gasteiger partial charge < -0.3 is 15.0 Å². The molecule has 1 N–H and O–H groups in total. The average molecular weight is 348 g/mol. The van der Waals surface area contributed by atoms with Gasteiger partial charge in [0.1, 0.15) is 11.6 Å². The van der Waals surface area contributed by atoms with Crippen molar-refractivity contribution in [1.29, 1.82) is 0 Å². The summed E-state index contributed by atoms with van der Waals surface area (Å²) in [6.07, 6.45) is 1.71. The van der Waals surface area contributed by atoms with Gasteiger partial charge in [0.25, 0.3) is 0 Å². The van der Waals surface area contributed by atoms with E-state index in [0.29, 0.717) is 6.61 Å². The predicted octanol–water partition coefficient (Wildman–Crippen LogP) is 2.66. The van der Waals surface area contributed by atoms with Gasteiger partial charge in [-0.25, -0.2) is 9.97 Å². The van der Waals surface area contributed by atoms with Gasteiger partial charge in [-0.3, -0.25) is 4.79 Å². The van der Waals surface area contributed by atoms with E-state index in [1.54, 1.807) is 7.11 Å². The summed E-state index contributed by atoms with van der Waals surface area (Å²) < 4.78 is 5.26. The van der Waals surface area contributed by atoms with E-state index in [9.17, 15) is 4.79 Å². The Balaban J connectivity index is 2.12. The number of piperidine rings is 1. The van der Waals surface area contributed by atoms with Crippen LogP contribution in [-0.2, 0) is 21.6 Å². The zero-order valence-corrected chi connectivity index (χ0v) is 16.4. The molecule has 0 saturated carbocycles. The van der Waals surface area contributed by atoms with E-state index < -0.39 is 0 Å². The first-order chi connectivity index (χ1) is 11.7. The van der Waals surface area contributed by atoms with Crippen LogP contribution in [0.3, 0.4) is 0 Å². The first-order valence-corrected chi connectivity index (χ1v) is 9.13. The van der Waals surface area contributed by atoms with Gasteiger partial charge in [0.05, 0.1) is 12.3 Å². The van der Waals surface area contributed by atoms with Crippen LogP contribution in [0.2, 0.25) is 0 Å². The molecule has 1 aliphatic rings. The fraction of sp³-hybridized carbons (Fsp3) is 0.737. The lowest BCUT2D eigenvalue weighted by atomic mass is 9.94. The maximum Gasteiger partial charge on any atom is 0.223 e. The number of anilines is 1. The molecule has 0 aromatic carbocycles. The second-order valence-electron chi connectivity index (χ2n) is 8.15. The molecule has 0 atom stereocenters. The number of hydrogen-bond acceptors (Lipinski definition) is 5. The van der Waals surface area contributed by atoms with Crippen molar-refractivity contribution < 1.29 is 9.53 Å². The van der Waals surface area contributed by atoms with Crippen LogP contribution in [0.1, 0.15) is 59.0 Å². The monoisotopic (exact) mass is 348 g/mol. The number of methoxy groups -OCH3 is 1. The summed E-state index contributed by atoms with van der Waals surface area (Å²) in [6, 6.07) is 2.20. The van der Waals surface area contributed by atoms with Crippen LogP contribution in [0.15, 0.2) is 6.07 Å². The summed E-state index contributed by atoms with van der Waals surface area (Å²) in [5.41, 5.74) is 0.783. The molecule has 1 aromatic heterocycles. The summed E-state index contributed by atoms with van der Waals surface area (Å²) in [5.74, 6) is 2.04. The molecule has 1 aromatic rings. The lowest BCUT2D eigenvalue weighted by Crippen LogP contribution is -2.42. The Morgan fingerprint density at radius 2 is 1.96 bits per heavy atom. The van der Waals surface area contributed by atoms with E-state index >= 15 is 0 Å². The average Bonchev–Trinajstić information content (AvgIpc) is 2.53. The van der Waals surface area contributed by atoms with Gasteiger partial charge in [-0.05, 0) is 26.7 Å². The molecule has 1 fully saturated rings. The van der Waals surface area contributed by atoms with Gasteiger partial charge in [0.15, 0.2) is 0 Å². The summed E-state index contributed by atoms with van der Waals surface area (Å²) in [7, 11) is 1.68. The summed E-state index contributed by atoms with van der Waals surface area (Å²) in [4.78, 5) is 23.9. The Bertz CT molecular complexity index is 588. The summed E-state index contributed by atoms with van der Waals surface area (Å²) in [5, 5.41) is 3.02. The Morgan fingerprint density at radius 1 is 1.32 bits per heavy atom. The second kappa shape index (κ2) is 8.13. The SMILES string of the molecule is COCc1cc(N2CCC(C(=O)NC(C)C)CC2)nc(C(C)(C)C)n1. The molecule has 0 aliphatic carbocycles. The molecule has 2 heterocycles. The highest BCUT2D eigenvalue weighted by Crippen LogP contribution is 2.26. The zero-order chi connectivity index (χ0) is 18.6. The molecule has 0 unspecified atom stereocenters. The molecule has 0 spiro atoms. The largest absolute Gasteiger partial charge is 0.378 e. The van der Waals surface area contributed by atoms with Crippen molar-refractivity contribution in [2.45, 2.75) is 65.5 Å². The molecule has 25 heavy (non-hydrogen) atoms. The van der Waals surface area contributed by atoms with Crippen LogP contribution in [-0.4, -0.2) is 42.1 Å². The molecule has 1 aliphatic heterocycles. The summed E-state index contributed by atoms with van der Waals surface area (Å²) >= 11 is 0. The van der Waals surface area contributed by atoms with Gasteiger partial charge in [-0.2, -0.15) is 0 Å². The molecule has 140 valence electrons. The van der Waals surface area contributed by atoms with Crippen LogP contribution in [0.4, 0.5) is 5.82 Å². The quantitative estimate of drug-likeness (QED) is 0.886. The number of hydrogen-bond donors (Lipinski definition) is 1. The number of aromatic nitrogens is 2. The van der Waals surface area contributed by atoms with Gasteiger partial charge in [0.2, 0.25) is 5.91 Å². The van der Waals surface area contributed by atoms with Crippen molar-refractivity contribution in [1.82, 2.24) is 15.3 Å². The Labute approximate surface area is 151 Å². The molecule has 2 rings (SSSR count). The Hall–Kier alpha value is -1.69. The fourth-order valence-corrected chi connectivity index (χ4v) is 2.98. The minimum Gasteiger partial charge on any atom is -0.378 e. The number of nitrogens with zero attached hydrogens (tertiary/aromatic N) is 3. The van der Waals surface area contributed by atoms with E-state index in [4.69, 9.17) is 9.72 Å². The van der Waals surface area contributed by atoms with Crippen molar-refractivity contribution >= 4 is 11.7 Å². The van der Waals surface area contributed by atoms with E-state index in [-0.39, 0.29) is 23.3 Å². The normalized spacial score (nSPS) is 16.4. The highest BCUT2D eigenvalue weighted by atomic mass is 16.5. The standard InChI is InChI=1S/C19H32N4O2/c1-13(2)20-17(24)14-7-9-23(10-8-14)16-11-15(12-25-6)21-18(22-16)19(3,4)5/h11,13-14H,7-10,12H2,1-6H3,(H,20,24). The van der Waals surface area contributed by atoms with Crippen LogP contribution < -0.4 is 10.2 Å². The maximum atomic E-state index is 12.2. The highest BCUT2D eigenvalue weighted by molar-refractivity contribution is 5.79. The lowest BCUT2D eigenvalue weighted by molar-refractivity contribution is -0.126. The van der Waals surface area contributed by atoms with Crippen molar-refractivity contribution in [3.63, 3.8) is 0 Å².